The molecule has 7 heteroatoms. The molecule has 0 aliphatic carbocycles. The zero-order valence-electron chi connectivity index (χ0n) is 16.7. The molecule has 1 aromatic carbocycles. The lowest BCUT2D eigenvalue weighted by molar-refractivity contribution is -0.892. The van der Waals surface area contributed by atoms with Crippen LogP contribution < -0.4 is 9.80 Å². The molecule has 2 aliphatic heterocycles. The van der Waals surface area contributed by atoms with E-state index in [1.165, 1.54) is 21.7 Å². The third kappa shape index (κ3) is 4.63. The highest BCUT2D eigenvalue weighted by atomic mass is 32.2. The standard InChI is InChI=1S/C20H31N3O3S/c1-4-23(18-8-13-27(25,26)15-18)20(24)14-21-9-11-22(12-10-21)19-7-5-6-16(2)17(19)3/h5-7,18H,4,8-15H2,1-3H3/p+1/t18-/m1/s1. The van der Waals surface area contributed by atoms with E-state index in [0.717, 1.165) is 26.2 Å². The van der Waals surface area contributed by atoms with Crippen molar-refractivity contribution in [2.75, 3.05) is 55.7 Å². The van der Waals surface area contributed by atoms with Gasteiger partial charge in [-0.25, -0.2) is 8.42 Å². The third-order valence-electron chi connectivity index (χ3n) is 6.10. The summed E-state index contributed by atoms with van der Waals surface area (Å²) in [5.41, 5.74) is 3.94. The third-order valence-corrected chi connectivity index (χ3v) is 7.85. The monoisotopic (exact) mass is 394 g/mol. The summed E-state index contributed by atoms with van der Waals surface area (Å²) in [6.07, 6.45) is 0.581. The van der Waals surface area contributed by atoms with Gasteiger partial charge in [0, 0.05) is 18.3 Å². The lowest BCUT2D eigenvalue weighted by atomic mass is 10.1. The second-order valence-corrected chi connectivity index (χ2v) is 10.1. The molecular weight excluding hydrogens is 362 g/mol. The summed E-state index contributed by atoms with van der Waals surface area (Å²) in [5, 5.41) is 0. The number of hydrogen-bond donors (Lipinski definition) is 1. The van der Waals surface area contributed by atoms with Gasteiger partial charge in [0.1, 0.15) is 0 Å². The van der Waals surface area contributed by atoms with Gasteiger partial charge in [-0.15, -0.1) is 0 Å². The number of aryl methyl sites for hydroxylation is 1. The Kier molecular flexibility index (Phi) is 6.11. The Hall–Kier alpha value is -1.60. The fourth-order valence-corrected chi connectivity index (χ4v) is 6.02. The second-order valence-electron chi connectivity index (χ2n) is 7.87. The molecule has 2 fully saturated rings. The van der Waals surface area contributed by atoms with Gasteiger partial charge < -0.3 is 14.7 Å². The maximum absolute atomic E-state index is 12.8. The predicted octanol–water partition coefficient (Wildman–Crippen LogP) is 0.0439. The van der Waals surface area contributed by atoms with Crippen molar-refractivity contribution in [2.45, 2.75) is 33.2 Å². The topological polar surface area (TPSA) is 62.1 Å². The van der Waals surface area contributed by atoms with Crippen molar-refractivity contribution in [1.82, 2.24) is 4.90 Å². The number of piperazine rings is 1. The molecule has 3 rings (SSSR count). The molecule has 0 bridgehead atoms. The molecule has 1 N–H and O–H groups in total. The van der Waals surface area contributed by atoms with E-state index in [-0.39, 0.29) is 23.5 Å². The largest absolute Gasteiger partial charge is 0.360 e. The first kappa shape index (κ1) is 20.1. The summed E-state index contributed by atoms with van der Waals surface area (Å²) in [6.45, 7) is 11.0. The highest BCUT2D eigenvalue weighted by Crippen LogP contribution is 2.22. The molecule has 2 aliphatic rings. The van der Waals surface area contributed by atoms with Crippen LogP contribution in [0.2, 0.25) is 0 Å². The Bertz CT molecular complexity index is 786. The average Bonchev–Trinajstić information content (AvgIpc) is 2.98. The minimum atomic E-state index is -2.97. The van der Waals surface area contributed by atoms with E-state index in [2.05, 4.69) is 36.9 Å². The van der Waals surface area contributed by atoms with Crippen molar-refractivity contribution < 1.29 is 18.1 Å². The smallest absolute Gasteiger partial charge is 0.278 e. The number of sulfone groups is 1. The van der Waals surface area contributed by atoms with Gasteiger partial charge in [-0.1, -0.05) is 12.1 Å². The first-order valence-corrected chi connectivity index (χ1v) is 11.8. The molecule has 2 heterocycles. The predicted molar refractivity (Wildman–Crippen MR) is 108 cm³/mol. The first-order chi connectivity index (χ1) is 12.8. The van der Waals surface area contributed by atoms with E-state index in [0.29, 0.717) is 19.5 Å². The quantitative estimate of drug-likeness (QED) is 0.766. The van der Waals surface area contributed by atoms with Crippen LogP contribution in [0.3, 0.4) is 0 Å². The van der Waals surface area contributed by atoms with Crippen molar-refractivity contribution in [1.29, 1.82) is 0 Å². The number of nitrogens with one attached hydrogen (secondary N) is 1. The number of likely N-dealkylation sites (N-methyl/N-ethyl adjacent to an activating group) is 1. The molecule has 0 unspecified atom stereocenters. The SMILES string of the molecule is CCN(C(=O)C[NH+]1CCN(c2cccc(C)c2C)CC1)[C@@H]1CCS(=O)(=O)C1. The molecule has 0 radical (unpaired) electrons. The number of carbonyl (C=O) groups is 1. The van der Waals surface area contributed by atoms with Crippen LogP contribution in [0, 0.1) is 13.8 Å². The van der Waals surface area contributed by atoms with Gasteiger partial charge >= 0.3 is 0 Å². The van der Waals surface area contributed by atoms with Gasteiger partial charge in [0.2, 0.25) is 0 Å². The molecule has 0 spiro atoms. The highest BCUT2D eigenvalue weighted by Gasteiger charge is 2.35. The van der Waals surface area contributed by atoms with Crippen molar-refractivity contribution in [3.05, 3.63) is 29.3 Å². The number of nitrogens with zero attached hydrogens (tertiary/aromatic N) is 2. The van der Waals surface area contributed by atoms with E-state index in [1.54, 1.807) is 4.90 Å². The number of anilines is 1. The molecular formula is C20H32N3O3S+. The average molecular weight is 395 g/mol. The molecule has 6 nitrogen and oxygen atoms in total. The summed E-state index contributed by atoms with van der Waals surface area (Å²) >= 11 is 0. The van der Waals surface area contributed by atoms with E-state index in [4.69, 9.17) is 0 Å². The maximum Gasteiger partial charge on any atom is 0.278 e. The van der Waals surface area contributed by atoms with Crippen LogP contribution >= 0.6 is 0 Å². The van der Waals surface area contributed by atoms with E-state index >= 15 is 0 Å². The number of hydrogen-bond acceptors (Lipinski definition) is 4. The molecule has 0 aromatic heterocycles. The molecule has 1 atom stereocenters. The van der Waals surface area contributed by atoms with Crippen LogP contribution in [-0.4, -0.2) is 76.0 Å². The van der Waals surface area contributed by atoms with E-state index in [1.807, 2.05) is 6.92 Å². The number of rotatable bonds is 5. The van der Waals surface area contributed by atoms with Gasteiger partial charge in [-0.2, -0.15) is 0 Å². The van der Waals surface area contributed by atoms with Gasteiger partial charge in [0.05, 0.1) is 37.7 Å². The van der Waals surface area contributed by atoms with Crippen molar-refractivity contribution in [3.8, 4) is 0 Å². The summed E-state index contributed by atoms with van der Waals surface area (Å²) < 4.78 is 23.5. The number of benzene rings is 1. The van der Waals surface area contributed by atoms with E-state index in [9.17, 15) is 13.2 Å². The molecule has 150 valence electrons. The summed E-state index contributed by atoms with van der Waals surface area (Å²) in [6, 6.07) is 6.29. The van der Waals surface area contributed by atoms with Crippen molar-refractivity contribution in [3.63, 3.8) is 0 Å². The Morgan fingerprint density at radius 1 is 1.26 bits per heavy atom. The fraction of sp³-hybridized carbons (Fsp3) is 0.650. The molecule has 1 amide bonds. The summed E-state index contributed by atoms with van der Waals surface area (Å²) in [5.74, 6) is 0.431. The Morgan fingerprint density at radius 3 is 2.56 bits per heavy atom. The zero-order chi connectivity index (χ0) is 19.6. The van der Waals surface area contributed by atoms with Gasteiger partial charge in [0.25, 0.3) is 5.91 Å². The van der Waals surface area contributed by atoms with Crippen LogP contribution in [0.15, 0.2) is 18.2 Å². The molecule has 0 saturated carbocycles. The fourth-order valence-electron chi connectivity index (χ4n) is 4.29. The minimum Gasteiger partial charge on any atom is -0.360 e. The van der Waals surface area contributed by atoms with Gasteiger partial charge in [-0.3, -0.25) is 4.79 Å². The van der Waals surface area contributed by atoms with Crippen LogP contribution in [0.4, 0.5) is 5.69 Å². The van der Waals surface area contributed by atoms with E-state index < -0.39 is 9.84 Å². The maximum atomic E-state index is 12.8. The summed E-state index contributed by atoms with van der Waals surface area (Å²) in [7, 11) is -2.97. The first-order valence-electron chi connectivity index (χ1n) is 9.95. The van der Waals surface area contributed by atoms with Crippen LogP contribution in [0.5, 0.6) is 0 Å². The van der Waals surface area contributed by atoms with Crippen LogP contribution in [-0.2, 0) is 14.6 Å². The number of quaternary nitrogens is 1. The molecule has 2 saturated heterocycles. The zero-order valence-corrected chi connectivity index (χ0v) is 17.5. The Morgan fingerprint density at radius 2 is 1.96 bits per heavy atom. The van der Waals surface area contributed by atoms with Crippen molar-refractivity contribution >= 4 is 21.4 Å². The highest BCUT2D eigenvalue weighted by molar-refractivity contribution is 7.91. The van der Waals surface area contributed by atoms with Crippen LogP contribution in [0.25, 0.3) is 0 Å². The molecule has 1 aromatic rings. The van der Waals surface area contributed by atoms with Gasteiger partial charge in [0.15, 0.2) is 16.4 Å². The minimum absolute atomic E-state index is 0.0924. The van der Waals surface area contributed by atoms with Crippen molar-refractivity contribution in [2.24, 2.45) is 0 Å². The number of amides is 1. The van der Waals surface area contributed by atoms with Crippen LogP contribution in [0.1, 0.15) is 24.5 Å². The van der Waals surface area contributed by atoms with Gasteiger partial charge in [-0.05, 0) is 44.4 Å². The second kappa shape index (κ2) is 8.19. The normalized spacial score (nSPS) is 22.8. The summed E-state index contributed by atoms with van der Waals surface area (Å²) in [4.78, 5) is 18.3. The lowest BCUT2D eigenvalue weighted by Crippen LogP contribution is -3.16. The Labute approximate surface area is 163 Å². The Balaban J connectivity index is 1.55. The lowest BCUT2D eigenvalue weighted by Gasteiger charge is -2.35. The number of carbonyl (C=O) groups excluding carboxylic acids is 1. The molecule has 27 heavy (non-hydrogen) atoms.